The van der Waals surface area contributed by atoms with E-state index in [1.165, 1.54) is 0 Å². The van der Waals surface area contributed by atoms with Crippen molar-refractivity contribution in [2.75, 3.05) is 11.9 Å². The van der Waals surface area contributed by atoms with Crippen LogP contribution in [0, 0.1) is 0 Å². The second-order valence-corrected chi connectivity index (χ2v) is 4.85. The minimum atomic E-state index is -0.440. The first-order valence-corrected chi connectivity index (χ1v) is 7.12. The maximum Gasteiger partial charge on any atom is 0.328 e. The number of anilines is 1. The normalized spacial score (nSPS) is 12.4. The molecule has 2 rings (SSSR count). The van der Waals surface area contributed by atoms with E-state index >= 15 is 0 Å². The molecule has 7 heteroatoms. The van der Waals surface area contributed by atoms with Crippen molar-refractivity contribution in [1.29, 1.82) is 0 Å². The highest BCUT2D eigenvalue weighted by molar-refractivity contribution is 7.00. The van der Waals surface area contributed by atoms with Crippen LogP contribution < -0.4 is 5.32 Å². The molecule has 0 saturated carbocycles. The topological polar surface area (TPSA) is 64.1 Å². The fourth-order valence-electron chi connectivity index (χ4n) is 1.71. The molecular formula is C12H14ClN3O2S. The number of nitrogens with one attached hydrogen (secondary N) is 1. The summed E-state index contributed by atoms with van der Waals surface area (Å²) >= 11 is 7.28. The molecule has 0 radical (unpaired) electrons. The summed E-state index contributed by atoms with van der Waals surface area (Å²) in [6.45, 7) is 4.04. The minimum Gasteiger partial charge on any atom is -0.464 e. The summed E-state index contributed by atoms with van der Waals surface area (Å²) in [4.78, 5) is 11.8. The summed E-state index contributed by atoms with van der Waals surface area (Å²) in [5.74, 6) is -0.291. The van der Waals surface area contributed by atoms with Crippen LogP contribution in [-0.4, -0.2) is 27.4 Å². The SMILES string of the molecule is CCOC(=O)C(CC)Nc1c(Cl)ccc2nsnc12. The fourth-order valence-corrected chi connectivity index (χ4v) is 2.46. The number of nitrogens with zero attached hydrogens (tertiary/aromatic N) is 2. The van der Waals surface area contributed by atoms with Crippen molar-refractivity contribution < 1.29 is 9.53 Å². The lowest BCUT2D eigenvalue weighted by atomic mass is 10.2. The van der Waals surface area contributed by atoms with E-state index in [1.54, 1.807) is 19.1 Å². The predicted octanol–water partition coefficient (Wildman–Crippen LogP) is 3.10. The van der Waals surface area contributed by atoms with E-state index in [0.717, 1.165) is 17.2 Å². The summed E-state index contributed by atoms with van der Waals surface area (Å²) in [5, 5.41) is 3.62. The molecular weight excluding hydrogens is 286 g/mol. The van der Waals surface area contributed by atoms with Crippen molar-refractivity contribution >= 4 is 46.0 Å². The molecule has 19 heavy (non-hydrogen) atoms. The van der Waals surface area contributed by atoms with Crippen molar-refractivity contribution in [1.82, 2.24) is 8.75 Å². The third-order valence-corrected chi connectivity index (χ3v) is 3.53. The molecule has 0 bridgehead atoms. The Balaban J connectivity index is 2.31. The molecule has 0 spiro atoms. The number of hydrogen-bond acceptors (Lipinski definition) is 6. The van der Waals surface area contributed by atoms with Crippen molar-refractivity contribution in [3.8, 4) is 0 Å². The zero-order valence-electron chi connectivity index (χ0n) is 10.6. The minimum absolute atomic E-state index is 0.291. The van der Waals surface area contributed by atoms with Gasteiger partial charge in [-0.2, -0.15) is 8.75 Å². The number of hydrogen-bond donors (Lipinski definition) is 1. The van der Waals surface area contributed by atoms with E-state index in [1.807, 2.05) is 6.92 Å². The van der Waals surface area contributed by atoms with Gasteiger partial charge >= 0.3 is 5.97 Å². The van der Waals surface area contributed by atoms with Crippen molar-refractivity contribution in [2.45, 2.75) is 26.3 Å². The van der Waals surface area contributed by atoms with Crippen LogP contribution in [0.15, 0.2) is 12.1 Å². The fraction of sp³-hybridized carbons (Fsp3) is 0.417. The van der Waals surface area contributed by atoms with Crippen LogP contribution in [0.4, 0.5) is 5.69 Å². The third-order valence-electron chi connectivity index (χ3n) is 2.67. The monoisotopic (exact) mass is 299 g/mol. The molecule has 1 unspecified atom stereocenters. The molecule has 2 aromatic rings. The maximum atomic E-state index is 11.8. The smallest absolute Gasteiger partial charge is 0.328 e. The molecule has 1 heterocycles. The van der Waals surface area contributed by atoms with Gasteiger partial charge in [-0.1, -0.05) is 18.5 Å². The van der Waals surface area contributed by atoms with E-state index < -0.39 is 6.04 Å². The number of benzene rings is 1. The Morgan fingerprint density at radius 1 is 1.47 bits per heavy atom. The summed E-state index contributed by atoms with van der Waals surface area (Å²) in [5.41, 5.74) is 2.07. The number of carbonyl (C=O) groups excluding carboxylic acids is 1. The second-order valence-electron chi connectivity index (χ2n) is 3.91. The van der Waals surface area contributed by atoms with Gasteiger partial charge < -0.3 is 10.1 Å². The zero-order valence-corrected chi connectivity index (χ0v) is 12.2. The lowest BCUT2D eigenvalue weighted by Gasteiger charge is -2.17. The Kier molecular flexibility index (Phi) is 4.55. The summed E-state index contributed by atoms with van der Waals surface area (Å²) in [7, 11) is 0. The Bertz CT molecular complexity index is 587. The number of fused-ring (bicyclic) bond motifs is 1. The number of halogens is 1. The predicted molar refractivity (Wildman–Crippen MR) is 76.8 cm³/mol. The highest BCUT2D eigenvalue weighted by Gasteiger charge is 2.20. The number of rotatable bonds is 5. The second kappa shape index (κ2) is 6.16. The summed E-state index contributed by atoms with van der Waals surface area (Å²) < 4.78 is 13.4. The molecule has 1 atom stereocenters. The molecule has 0 aliphatic carbocycles. The quantitative estimate of drug-likeness (QED) is 0.860. The first-order valence-electron chi connectivity index (χ1n) is 6.01. The maximum absolute atomic E-state index is 11.8. The molecule has 0 saturated heterocycles. The molecule has 1 aromatic carbocycles. The lowest BCUT2D eigenvalue weighted by molar-refractivity contribution is -0.144. The van der Waals surface area contributed by atoms with Crippen LogP contribution >= 0.6 is 23.3 Å². The van der Waals surface area contributed by atoms with Crippen LogP contribution in [-0.2, 0) is 9.53 Å². The number of ether oxygens (including phenoxy) is 1. The van der Waals surface area contributed by atoms with Gasteiger partial charge in [0.1, 0.15) is 17.1 Å². The molecule has 1 N–H and O–H groups in total. The van der Waals surface area contributed by atoms with E-state index in [0.29, 0.717) is 29.3 Å². The lowest BCUT2D eigenvalue weighted by Crippen LogP contribution is -2.30. The van der Waals surface area contributed by atoms with Gasteiger partial charge in [-0.05, 0) is 25.5 Å². The van der Waals surface area contributed by atoms with E-state index in [9.17, 15) is 4.79 Å². The number of esters is 1. The number of aromatic nitrogens is 2. The van der Waals surface area contributed by atoms with Crippen LogP contribution in [0.25, 0.3) is 11.0 Å². The molecule has 0 aliphatic heterocycles. The van der Waals surface area contributed by atoms with Gasteiger partial charge in [-0.15, -0.1) is 0 Å². The zero-order chi connectivity index (χ0) is 13.8. The van der Waals surface area contributed by atoms with Gasteiger partial charge in [0.05, 0.1) is 29.0 Å². The van der Waals surface area contributed by atoms with Gasteiger partial charge in [0.25, 0.3) is 0 Å². The van der Waals surface area contributed by atoms with Gasteiger partial charge in [0.15, 0.2) is 0 Å². The average Bonchev–Trinajstić information content (AvgIpc) is 2.86. The largest absolute Gasteiger partial charge is 0.464 e. The van der Waals surface area contributed by atoms with Crippen LogP contribution in [0.1, 0.15) is 20.3 Å². The van der Waals surface area contributed by atoms with Crippen LogP contribution in [0.2, 0.25) is 5.02 Å². The average molecular weight is 300 g/mol. The molecule has 0 amide bonds. The molecule has 0 aliphatic rings. The van der Waals surface area contributed by atoms with Crippen LogP contribution in [0.3, 0.4) is 0 Å². The molecule has 0 fully saturated rings. The Hall–Kier alpha value is -1.40. The van der Waals surface area contributed by atoms with Crippen molar-refractivity contribution in [3.05, 3.63) is 17.2 Å². The Labute approximate surface area is 120 Å². The highest BCUT2D eigenvalue weighted by Crippen LogP contribution is 2.30. The van der Waals surface area contributed by atoms with Gasteiger partial charge in [-0.3, -0.25) is 0 Å². The third kappa shape index (κ3) is 2.96. The Morgan fingerprint density at radius 2 is 2.26 bits per heavy atom. The molecule has 5 nitrogen and oxygen atoms in total. The summed E-state index contributed by atoms with van der Waals surface area (Å²) in [6, 6.07) is 3.10. The van der Waals surface area contributed by atoms with Gasteiger partial charge in [-0.25, -0.2) is 4.79 Å². The molecule has 102 valence electrons. The summed E-state index contributed by atoms with van der Waals surface area (Å²) in [6.07, 6.45) is 0.600. The van der Waals surface area contributed by atoms with Crippen molar-refractivity contribution in [3.63, 3.8) is 0 Å². The van der Waals surface area contributed by atoms with E-state index in [2.05, 4.69) is 14.1 Å². The standard InChI is InChI=1S/C12H14ClN3O2S/c1-3-8(12(17)18-4-2)14-10-7(13)5-6-9-11(10)16-19-15-9/h5-6,8,14H,3-4H2,1-2H3. The van der Waals surface area contributed by atoms with Crippen LogP contribution in [0.5, 0.6) is 0 Å². The highest BCUT2D eigenvalue weighted by atomic mass is 35.5. The van der Waals surface area contributed by atoms with Gasteiger partial charge in [0, 0.05) is 0 Å². The van der Waals surface area contributed by atoms with Crippen molar-refractivity contribution in [2.24, 2.45) is 0 Å². The Morgan fingerprint density at radius 3 is 2.95 bits per heavy atom. The number of carbonyl (C=O) groups is 1. The van der Waals surface area contributed by atoms with E-state index in [4.69, 9.17) is 16.3 Å². The first kappa shape index (κ1) is 14.0. The van der Waals surface area contributed by atoms with Gasteiger partial charge in [0.2, 0.25) is 0 Å². The molecule has 1 aromatic heterocycles. The van der Waals surface area contributed by atoms with E-state index in [-0.39, 0.29) is 5.97 Å². The first-order chi connectivity index (χ1) is 9.17.